The predicted octanol–water partition coefficient (Wildman–Crippen LogP) is 1.86. The van der Waals surface area contributed by atoms with Gasteiger partial charge in [-0.05, 0) is 37.1 Å². The minimum atomic E-state index is -0.0511. The first-order valence-corrected chi connectivity index (χ1v) is 8.16. The fourth-order valence-electron chi connectivity index (χ4n) is 3.15. The fourth-order valence-corrected chi connectivity index (χ4v) is 3.15. The average Bonchev–Trinajstić information content (AvgIpc) is 3.29. The van der Waals surface area contributed by atoms with Gasteiger partial charge in [0.15, 0.2) is 5.65 Å². The largest absolute Gasteiger partial charge is 0.467 e. The molecule has 0 aliphatic carbocycles. The molecule has 0 spiro atoms. The zero-order valence-electron chi connectivity index (χ0n) is 13.3. The van der Waals surface area contributed by atoms with Crippen LogP contribution in [0.5, 0.6) is 0 Å². The Morgan fingerprint density at radius 2 is 2.25 bits per heavy atom. The Morgan fingerprint density at radius 1 is 1.29 bits per heavy atom. The summed E-state index contributed by atoms with van der Waals surface area (Å²) in [6.45, 7) is 1.97. The minimum absolute atomic E-state index is 0.0511. The third-order valence-electron chi connectivity index (χ3n) is 4.39. The second-order valence-electron chi connectivity index (χ2n) is 6.01. The fraction of sp³-hybridized carbons (Fsp3) is 0.353. The Balaban J connectivity index is 1.44. The lowest BCUT2D eigenvalue weighted by atomic mass is 9.97. The van der Waals surface area contributed by atoms with E-state index in [0.717, 1.165) is 36.7 Å². The summed E-state index contributed by atoms with van der Waals surface area (Å²) < 4.78 is 7.21. The molecule has 124 valence electrons. The number of nitrogens with zero attached hydrogens (tertiary/aromatic N) is 4. The third-order valence-corrected chi connectivity index (χ3v) is 4.39. The van der Waals surface area contributed by atoms with Crippen LogP contribution in [0.1, 0.15) is 18.6 Å². The van der Waals surface area contributed by atoms with E-state index in [1.807, 2.05) is 40.9 Å². The summed E-state index contributed by atoms with van der Waals surface area (Å²) in [4.78, 5) is 14.6. The van der Waals surface area contributed by atoms with Crippen LogP contribution in [0.3, 0.4) is 0 Å². The topological polar surface area (TPSA) is 75.7 Å². The van der Waals surface area contributed by atoms with Crippen LogP contribution in [0, 0.1) is 5.92 Å². The van der Waals surface area contributed by atoms with Crippen LogP contribution in [0.2, 0.25) is 0 Å². The highest BCUT2D eigenvalue weighted by molar-refractivity contribution is 5.79. The summed E-state index contributed by atoms with van der Waals surface area (Å²) >= 11 is 0. The minimum Gasteiger partial charge on any atom is -0.467 e. The number of fused-ring (bicyclic) bond motifs is 1. The van der Waals surface area contributed by atoms with Crippen LogP contribution in [0.15, 0.2) is 47.2 Å². The van der Waals surface area contributed by atoms with E-state index in [4.69, 9.17) is 4.42 Å². The van der Waals surface area contributed by atoms with Gasteiger partial charge in [-0.25, -0.2) is 0 Å². The SMILES string of the molecule is O=C(NCc1ccco1)[C@H]1CCCN(c2nnc3ccccn23)C1. The Hall–Kier alpha value is -2.83. The van der Waals surface area contributed by atoms with Crippen LogP contribution in [0.25, 0.3) is 5.65 Å². The van der Waals surface area contributed by atoms with Crippen molar-refractivity contribution in [3.63, 3.8) is 0 Å². The van der Waals surface area contributed by atoms with Crippen molar-refractivity contribution in [3.05, 3.63) is 48.6 Å². The molecule has 1 aliphatic rings. The van der Waals surface area contributed by atoms with Crippen LogP contribution in [-0.4, -0.2) is 33.6 Å². The number of aromatic nitrogens is 3. The molecule has 1 atom stereocenters. The summed E-state index contributed by atoms with van der Waals surface area (Å²) in [5.74, 6) is 1.57. The lowest BCUT2D eigenvalue weighted by Gasteiger charge is -2.31. The zero-order valence-corrected chi connectivity index (χ0v) is 13.3. The Labute approximate surface area is 139 Å². The number of amides is 1. The number of pyridine rings is 1. The number of carbonyl (C=O) groups is 1. The molecule has 1 N–H and O–H groups in total. The molecule has 24 heavy (non-hydrogen) atoms. The van der Waals surface area contributed by atoms with Crippen LogP contribution in [0.4, 0.5) is 5.95 Å². The summed E-state index contributed by atoms with van der Waals surface area (Å²) in [5.41, 5.74) is 0.817. The normalized spacial score (nSPS) is 18.0. The molecule has 1 saturated heterocycles. The molecule has 0 bridgehead atoms. The smallest absolute Gasteiger partial charge is 0.231 e. The van der Waals surface area contributed by atoms with Crippen molar-refractivity contribution in [1.29, 1.82) is 0 Å². The molecule has 7 nitrogen and oxygen atoms in total. The van der Waals surface area contributed by atoms with Gasteiger partial charge in [0.2, 0.25) is 11.9 Å². The van der Waals surface area contributed by atoms with E-state index >= 15 is 0 Å². The maximum Gasteiger partial charge on any atom is 0.231 e. The van der Waals surface area contributed by atoms with E-state index in [-0.39, 0.29) is 11.8 Å². The van der Waals surface area contributed by atoms with Crippen molar-refractivity contribution in [2.75, 3.05) is 18.0 Å². The van der Waals surface area contributed by atoms with Gasteiger partial charge in [-0.1, -0.05) is 6.07 Å². The number of furan rings is 1. The summed E-state index contributed by atoms with van der Waals surface area (Å²) in [6, 6.07) is 9.50. The quantitative estimate of drug-likeness (QED) is 0.792. The molecule has 7 heteroatoms. The van der Waals surface area contributed by atoms with Gasteiger partial charge >= 0.3 is 0 Å². The molecule has 3 aromatic rings. The highest BCUT2D eigenvalue weighted by Gasteiger charge is 2.28. The predicted molar refractivity (Wildman–Crippen MR) is 88.5 cm³/mol. The maximum atomic E-state index is 12.4. The molecule has 0 radical (unpaired) electrons. The molecule has 0 saturated carbocycles. The number of rotatable bonds is 4. The summed E-state index contributed by atoms with van der Waals surface area (Å²) in [5, 5.41) is 11.4. The van der Waals surface area contributed by atoms with Gasteiger partial charge in [0.1, 0.15) is 5.76 Å². The average molecular weight is 325 g/mol. The maximum absolute atomic E-state index is 12.4. The van der Waals surface area contributed by atoms with E-state index in [1.54, 1.807) is 6.26 Å². The standard InChI is InChI=1S/C17H19N5O2/c23-16(18-11-14-6-4-10-24-14)13-5-3-8-21(12-13)17-20-19-15-7-1-2-9-22(15)17/h1-2,4,6-7,9-10,13H,3,5,8,11-12H2,(H,18,23)/t13-/m0/s1. The molecule has 3 aromatic heterocycles. The summed E-state index contributed by atoms with van der Waals surface area (Å²) in [6.07, 6.45) is 5.41. The second-order valence-corrected chi connectivity index (χ2v) is 6.01. The van der Waals surface area contributed by atoms with Gasteiger partial charge in [-0.2, -0.15) is 0 Å². The van der Waals surface area contributed by atoms with Crippen molar-refractivity contribution in [2.45, 2.75) is 19.4 Å². The van der Waals surface area contributed by atoms with E-state index in [2.05, 4.69) is 20.4 Å². The molecular formula is C17H19N5O2. The molecule has 0 aromatic carbocycles. The van der Waals surface area contributed by atoms with Gasteiger partial charge in [0, 0.05) is 19.3 Å². The van der Waals surface area contributed by atoms with Gasteiger partial charge in [-0.3, -0.25) is 9.20 Å². The van der Waals surface area contributed by atoms with E-state index in [1.165, 1.54) is 0 Å². The zero-order chi connectivity index (χ0) is 16.4. The van der Waals surface area contributed by atoms with Crippen molar-refractivity contribution < 1.29 is 9.21 Å². The lowest BCUT2D eigenvalue weighted by Crippen LogP contribution is -2.43. The monoisotopic (exact) mass is 325 g/mol. The number of carbonyl (C=O) groups excluding carboxylic acids is 1. The van der Waals surface area contributed by atoms with Crippen molar-refractivity contribution in [3.8, 4) is 0 Å². The molecule has 1 amide bonds. The first-order chi connectivity index (χ1) is 11.8. The van der Waals surface area contributed by atoms with Gasteiger partial charge < -0.3 is 14.6 Å². The van der Waals surface area contributed by atoms with E-state index < -0.39 is 0 Å². The molecule has 0 unspecified atom stereocenters. The number of piperidine rings is 1. The van der Waals surface area contributed by atoms with Crippen molar-refractivity contribution in [1.82, 2.24) is 19.9 Å². The van der Waals surface area contributed by atoms with Gasteiger partial charge in [0.05, 0.1) is 18.7 Å². The van der Waals surface area contributed by atoms with Crippen LogP contribution < -0.4 is 10.2 Å². The Morgan fingerprint density at radius 3 is 3.12 bits per heavy atom. The molecular weight excluding hydrogens is 306 g/mol. The van der Waals surface area contributed by atoms with Crippen LogP contribution >= 0.6 is 0 Å². The first-order valence-electron chi connectivity index (χ1n) is 8.16. The highest BCUT2D eigenvalue weighted by atomic mass is 16.3. The number of anilines is 1. The van der Waals surface area contributed by atoms with Crippen LogP contribution in [-0.2, 0) is 11.3 Å². The third kappa shape index (κ3) is 2.84. The van der Waals surface area contributed by atoms with Crippen molar-refractivity contribution in [2.24, 2.45) is 5.92 Å². The molecule has 1 aliphatic heterocycles. The first kappa shape index (κ1) is 14.7. The summed E-state index contributed by atoms with van der Waals surface area (Å²) in [7, 11) is 0. The second kappa shape index (κ2) is 6.35. The molecule has 1 fully saturated rings. The Kier molecular flexibility index (Phi) is 3.90. The van der Waals surface area contributed by atoms with E-state index in [9.17, 15) is 4.79 Å². The lowest BCUT2D eigenvalue weighted by molar-refractivity contribution is -0.125. The highest BCUT2D eigenvalue weighted by Crippen LogP contribution is 2.22. The Bertz CT molecular complexity index is 827. The number of hydrogen-bond acceptors (Lipinski definition) is 5. The van der Waals surface area contributed by atoms with Gasteiger partial charge in [0.25, 0.3) is 0 Å². The van der Waals surface area contributed by atoms with Gasteiger partial charge in [-0.15, -0.1) is 10.2 Å². The van der Waals surface area contributed by atoms with Crippen molar-refractivity contribution >= 4 is 17.5 Å². The van der Waals surface area contributed by atoms with E-state index in [0.29, 0.717) is 13.1 Å². The number of nitrogens with one attached hydrogen (secondary N) is 1. The molecule has 4 heterocycles. The molecule has 4 rings (SSSR count). The number of hydrogen-bond donors (Lipinski definition) is 1.